The minimum atomic E-state index is 0.577. The van der Waals surface area contributed by atoms with Crippen LogP contribution in [0.2, 0.25) is 9.36 Å². The van der Waals surface area contributed by atoms with Crippen LogP contribution in [0, 0.1) is 0 Å². The van der Waals surface area contributed by atoms with E-state index < -0.39 is 0 Å². The van der Waals surface area contributed by atoms with Crippen LogP contribution in [0.3, 0.4) is 0 Å². The lowest BCUT2D eigenvalue weighted by Crippen LogP contribution is -1.52. The Balaban J connectivity index is 3.28. The standard InChI is InChI=1S/C8H6Cl2S/c9-7-5-3-1-2-4-6-11-8(7)10/h1-6H. The molecule has 0 fully saturated rings. The molecule has 0 aromatic carbocycles. The molecular weight excluding hydrogens is 199 g/mol. The highest BCUT2D eigenvalue weighted by Crippen LogP contribution is 2.22. The molecule has 11 heavy (non-hydrogen) atoms. The van der Waals surface area contributed by atoms with Gasteiger partial charge >= 0.3 is 0 Å². The van der Waals surface area contributed by atoms with Crippen molar-refractivity contribution >= 4 is 34.5 Å². The van der Waals surface area contributed by atoms with E-state index in [1.54, 1.807) is 6.07 Å². The van der Waals surface area contributed by atoms with Crippen molar-refractivity contribution in [2.75, 3.05) is 0 Å². The Morgan fingerprint density at radius 1 is 1.00 bits per heavy atom. The Morgan fingerprint density at radius 3 is 2.55 bits per heavy atom. The highest BCUT2D eigenvalue weighted by atomic mass is 35.5. The Hall–Kier alpha value is -0.240. The van der Waals surface area contributed by atoms with Gasteiger partial charge in [-0.3, -0.25) is 0 Å². The summed E-state index contributed by atoms with van der Waals surface area (Å²) < 4.78 is 0.600. The zero-order valence-electron chi connectivity index (χ0n) is 5.63. The first-order valence-corrected chi connectivity index (χ1v) is 4.66. The second-order valence-corrected chi connectivity index (χ2v) is 3.74. The van der Waals surface area contributed by atoms with Gasteiger partial charge in [0.2, 0.25) is 0 Å². The van der Waals surface area contributed by atoms with Crippen molar-refractivity contribution in [2.45, 2.75) is 0 Å². The molecule has 1 aromatic rings. The van der Waals surface area contributed by atoms with E-state index in [2.05, 4.69) is 0 Å². The van der Waals surface area contributed by atoms with E-state index in [0.29, 0.717) is 9.36 Å². The average molecular weight is 205 g/mol. The predicted molar refractivity (Wildman–Crippen MR) is 52.0 cm³/mol. The summed E-state index contributed by atoms with van der Waals surface area (Å²) >= 11 is 13.0. The van der Waals surface area contributed by atoms with Crippen LogP contribution >= 0.6 is 34.5 Å². The molecular formula is C8H6Cl2S. The van der Waals surface area contributed by atoms with Crippen LogP contribution < -0.4 is 0 Å². The summed E-state index contributed by atoms with van der Waals surface area (Å²) in [7, 11) is 0. The van der Waals surface area contributed by atoms with Crippen molar-refractivity contribution in [3.8, 4) is 0 Å². The van der Waals surface area contributed by atoms with E-state index in [0.717, 1.165) is 0 Å². The molecule has 0 spiro atoms. The Kier molecular flexibility index (Phi) is 3.70. The number of halogens is 2. The first kappa shape index (κ1) is 8.85. The maximum absolute atomic E-state index is 5.80. The van der Waals surface area contributed by atoms with Crippen molar-refractivity contribution in [3.05, 3.63) is 45.1 Å². The molecule has 1 rings (SSSR count). The first-order valence-electron chi connectivity index (χ1n) is 3.02. The van der Waals surface area contributed by atoms with Crippen molar-refractivity contribution in [1.29, 1.82) is 0 Å². The molecule has 0 aliphatic rings. The quantitative estimate of drug-likeness (QED) is 0.595. The van der Waals surface area contributed by atoms with Crippen molar-refractivity contribution < 1.29 is 0 Å². The monoisotopic (exact) mass is 204 g/mol. The summed E-state index contributed by atoms with van der Waals surface area (Å²) in [5.41, 5.74) is 0. The van der Waals surface area contributed by atoms with E-state index in [4.69, 9.17) is 23.2 Å². The maximum atomic E-state index is 5.80. The lowest BCUT2D eigenvalue weighted by Gasteiger charge is -1.82. The van der Waals surface area contributed by atoms with Crippen LogP contribution in [0.1, 0.15) is 0 Å². The molecule has 1 heterocycles. The molecule has 0 amide bonds. The summed E-state index contributed by atoms with van der Waals surface area (Å²) in [5, 5.41) is 2.46. The molecule has 0 aliphatic heterocycles. The average Bonchev–Trinajstić information content (AvgIpc) is 2.07. The maximum Gasteiger partial charge on any atom is 0.111 e. The van der Waals surface area contributed by atoms with Crippen molar-refractivity contribution in [2.24, 2.45) is 0 Å². The smallest absolute Gasteiger partial charge is 0.111 e. The fourth-order valence-electron chi connectivity index (χ4n) is 0.535. The zero-order valence-corrected chi connectivity index (χ0v) is 7.96. The molecule has 0 aliphatic carbocycles. The largest absolute Gasteiger partial charge is 0.131 e. The SMILES string of the molecule is Clc1ccccccsc1Cl. The summed E-state index contributed by atoms with van der Waals surface area (Å²) in [5.74, 6) is 0. The molecule has 0 unspecified atom stereocenters. The van der Waals surface area contributed by atoms with Crippen molar-refractivity contribution in [3.63, 3.8) is 0 Å². The molecule has 0 N–H and O–H groups in total. The third-order valence-corrected chi connectivity index (χ3v) is 2.73. The van der Waals surface area contributed by atoms with Gasteiger partial charge in [0.15, 0.2) is 0 Å². The number of hydrogen-bond acceptors (Lipinski definition) is 1. The Morgan fingerprint density at radius 2 is 1.73 bits per heavy atom. The van der Waals surface area contributed by atoms with Gasteiger partial charge in [0.1, 0.15) is 4.34 Å². The zero-order chi connectivity index (χ0) is 8.10. The van der Waals surface area contributed by atoms with Gasteiger partial charge in [-0.1, -0.05) is 47.5 Å². The van der Waals surface area contributed by atoms with Crippen LogP contribution in [-0.2, 0) is 0 Å². The van der Waals surface area contributed by atoms with Crippen LogP contribution in [0.25, 0.3) is 0 Å². The van der Waals surface area contributed by atoms with Gasteiger partial charge in [0.25, 0.3) is 0 Å². The molecule has 3 heteroatoms. The Bertz CT molecular complexity index is 252. The third-order valence-electron chi connectivity index (χ3n) is 1.01. The summed E-state index contributed by atoms with van der Waals surface area (Å²) in [4.78, 5) is 0. The molecule has 0 radical (unpaired) electrons. The minimum absolute atomic E-state index is 0.577. The van der Waals surface area contributed by atoms with E-state index in [-0.39, 0.29) is 0 Å². The minimum Gasteiger partial charge on any atom is -0.131 e. The second kappa shape index (κ2) is 4.60. The van der Waals surface area contributed by atoms with E-state index in [1.807, 2.05) is 29.6 Å². The lowest BCUT2D eigenvalue weighted by atomic mass is 10.5. The second-order valence-electron chi connectivity index (χ2n) is 1.81. The lowest BCUT2D eigenvalue weighted by molar-refractivity contribution is 1.81. The third kappa shape index (κ3) is 3.10. The molecule has 0 atom stereocenters. The molecule has 0 saturated heterocycles. The van der Waals surface area contributed by atoms with Gasteiger partial charge < -0.3 is 0 Å². The fourth-order valence-corrected chi connectivity index (χ4v) is 1.43. The van der Waals surface area contributed by atoms with Crippen LogP contribution in [0.15, 0.2) is 35.7 Å². The van der Waals surface area contributed by atoms with Crippen LogP contribution in [0.5, 0.6) is 0 Å². The topological polar surface area (TPSA) is 0 Å². The van der Waals surface area contributed by atoms with Gasteiger partial charge in [-0.2, -0.15) is 0 Å². The number of rotatable bonds is 0. The van der Waals surface area contributed by atoms with Crippen LogP contribution in [-0.4, -0.2) is 0 Å². The van der Waals surface area contributed by atoms with Crippen molar-refractivity contribution in [1.82, 2.24) is 0 Å². The normalized spacial score (nSPS) is 8.91. The molecule has 0 nitrogen and oxygen atoms in total. The molecule has 0 saturated carbocycles. The summed E-state index contributed by atoms with van der Waals surface area (Å²) in [6, 6.07) is 9.34. The highest BCUT2D eigenvalue weighted by Gasteiger charge is 1.88. The van der Waals surface area contributed by atoms with Gasteiger partial charge in [0.05, 0.1) is 5.02 Å². The van der Waals surface area contributed by atoms with E-state index >= 15 is 0 Å². The summed E-state index contributed by atoms with van der Waals surface area (Å²) in [6.45, 7) is 0. The number of hydrogen-bond donors (Lipinski definition) is 0. The van der Waals surface area contributed by atoms with E-state index in [1.165, 1.54) is 11.3 Å². The molecule has 0 bridgehead atoms. The first-order chi connectivity index (χ1) is 5.30. The van der Waals surface area contributed by atoms with E-state index in [9.17, 15) is 0 Å². The van der Waals surface area contributed by atoms with Crippen LogP contribution in [0.4, 0.5) is 0 Å². The predicted octanol–water partition coefficient (Wildman–Crippen LogP) is 4.18. The van der Waals surface area contributed by atoms with Gasteiger partial charge in [-0.15, -0.1) is 11.3 Å². The highest BCUT2D eigenvalue weighted by molar-refractivity contribution is 7.14. The van der Waals surface area contributed by atoms with Gasteiger partial charge in [0, 0.05) is 0 Å². The Labute approximate surface area is 79.7 Å². The molecule has 58 valence electrons. The summed E-state index contributed by atoms with van der Waals surface area (Å²) in [6.07, 6.45) is 0. The fraction of sp³-hybridized carbons (Fsp3) is 0. The van der Waals surface area contributed by atoms with Gasteiger partial charge in [-0.05, 0) is 11.4 Å². The van der Waals surface area contributed by atoms with Gasteiger partial charge in [-0.25, -0.2) is 0 Å². The molecule has 1 aromatic heterocycles.